The molecule has 3 heterocycles. The number of aryl methyl sites for hydroxylation is 1. The van der Waals surface area contributed by atoms with Gasteiger partial charge >= 0.3 is 0 Å². The van der Waals surface area contributed by atoms with Crippen LogP contribution in [0.1, 0.15) is 53.7 Å². The van der Waals surface area contributed by atoms with Gasteiger partial charge in [0.15, 0.2) is 11.5 Å². The van der Waals surface area contributed by atoms with E-state index in [0.29, 0.717) is 31.1 Å². The maximum Gasteiger partial charge on any atom is 0.269 e. The molecule has 174 valence electrons. The number of hydrogen-bond donors (Lipinski definition) is 2. The Morgan fingerprint density at radius 2 is 2.00 bits per heavy atom. The summed E-state index contributed by atoms with van der Waals surface area (Å²) in [4.78, 5) is 13.1. The van der Waals surface area contributed by atoms with Crippen LogP contribution in [0.4, 0.5) is 0 Å². The fraction of sp³-hybridized carbons (Fsp3) is 0.400. The summed E-state index contributed by atoms with van der Waals surface area (Å²) in [6.07, 6.45) is 2.65. The molecule has 0 saturated carbocycles. The van der Waals surface area contributed by atoms with Crippen molar-refractivity contribution in [3.05, 3.63) is 59.6 Å². The minimum absolute atomic E-state index is 0.169. The summed E-state index contributed by atoms with van der Waals surface area (Å²) < 4.78 is 13.5. The van der Waals surface area contributed by atoms with Crippen LogP contribution in [0.15, 0.2) is 36.9 Å². The molecule has 33 heavy (non-hydrogen) atoms. The average molecular weight is 450 g/mol. The molecule has 0 bridgehead atoms. The number of ether oxygens (including phenoxy) is 2. The lowest BCUT2D eigenvalue weighted by Gasteiger charge is -2.23. The number of benzene rings is 1. The smallest absolute Gasteiger partial charge is 0.269 e. The highest BCUT2D eigenvalue weighted by molar-refractivity contribution is 5.93. The standard InChI is InChI=1S/C25H31N5O3/c1-6-10-30-17(5)23(16(4)29-30)19-14-20(28-27-19)25(31)26-24(15(2)3)18-8-9-21-22(13-18)33-12-7-11-32-21/h6,8-9,13-15,24H,1,7,10-12H2,2-5H3,(H,26,31)(H,27,28)/t24-/m0/s1. The minimum Gasteiger partial charge on any atom is -0.490 e. The Morgan fingerprint density at radius 3 is 2.73 bits per heavy atom. The number of H-pyrrole nitrogens is 1. The molecule has 0 radical (unpaired) electrons. The maximum absolute atomic E-state index is 13.1. The van der Waals surface area contributed by atoms with Gasteiger partial charge in [-0.1, -0.05) is 26.0 Å². The van der Waals surface area contributed by atoms with Crippen LogP contribution in [-0.2, 0) is 6.54 Å². The molecular formula is C25H31N5O3. The van der Waals surface area contributed by atoms with E-state index in [4.69, 9.17) is 9.47 Å². The van der Waals surface area contributed by atoms with Gasteiger partial charge in [-0.25, -0.2) is 0 Å². The molecule has 1 aliphatic rings. The van der Waals surface area contributed by atoms with Gasteiger partial charge in [0, 0.05) is 17.7 Å². The third-order valence-electron chi connectivity index (χ3n) is 5.85. The molecule has 3 aromatic rings. The SMILES string of the molecule is C=CCn1nc(C)c(-c2cc(C(=O)N[C@H](c3ccc4c(c3)OCCCO4)C(C)C)[nH]n2)c1C. The van der Waals surface area contributed by atoms with Crippen molar-refractivity contribution in [1.29, 1.82) is 0 Å². The number of rotatable bonds is 7. The van der Waals surface area contributed by atoms with Crippen LogP contribution in [-0.4, -0.2) is 39.1 Å². The second-order valence-corrected chi connectivity index (χ2v) is 8.64. The molecule has 0 aliphatic carbocycles. The van der Waals surface area contributed by atoms with Gasteiger partial charge in [-0.15, -0.1) is 6.58 Å². The summed E-state index contributed by atoms with van der Waals surface area (Å²) >= 11 is 0. The minimum atomic E-state index is -0.214. The van der Waals surface area contributed by atoms with Crippen molar-refractivity contribution >= 4 is 5.91 Å². The number of nitrogens with one attached hydrogen (secondary N) is 2. The summed E-state index contributed by atoms with van der Waals surface area (Å²) in [5.74, 6) is 1.42. The van der Waals surface area contributed by atoms with E-state index in [1.54, 1.807) is 12.1 Å². The van der Waals surface area contributed by atoms with E-state index in [-0.39, 0.29) is 17.9 Å². The first-order valence-corrected chi connectivity index (χ1v) is 11.3. The summed E-state index contributed by atoms with van der Waals surface area (Å²) in [7, 11) is 0. The van der Waals surface area contributed by atoms with Crippen LogP contribution in [0.5, 0.6) is 11.5 Å². The van der Waals surface area contributed by atoms with Crippen molar-refractivity contribution in [2.24, 2.45) is 5.92 Å². The van der Waals surface area contributed by atoms with E-state index in [1.807, 2.05) is 36.7 Å². The van der Waals surface area contributed by atoms with Gasteiger partial charge in [-0.2, -0.15) is 10.2 Å². The number of allylic oxidation sites excluding steroid dienone is 1. The second kappa shape index (κ2) is 9.52. The molecule has 0 fully saturated rings. The molecule has 0 spiro atoms. The number of nitrogens with zero attached hydrogens (tertiary/aromatic N) is 3. The van der Waals surface area contributed by atoms with E-state index >= 15 is 0 Å². The fourth-order valence-corrected chi connectivity index (χ4v) is 4.16. The number of carbonyl (C=O) groups excluding carboxylic acids is 1. The lowest BCUT2D eigenvalue weighted by molar-refractivity contribution is 0.0920. The van der Waals surface area contributed by atoms with Crippen molar-refractivity contribution in [2.45, 2.75) is 46.7 Å². The third-order valence-corrected chi connectivity index (χ3v) is 5.85. The summed E-state index contributed by atoms with van der Waals surface area (Å²) in [6, 6.07) is 7.44. The number of carbonyl (C=O) groups is 1. The van der Waals surface area contributed by atoms with E-state index in [1.165, 1.54) is 0 Å². The van der Waals surface area contributed by atoms with Crippen molar-refractivity contribution < 1.29 is 14.3 Å². The summed E-state index contributed by atoms with van der Waals surface area (Å²) in [6.45, 7) is 13.7. The van der Waals surface area contributed by atoms with Crippen molar-refractivity contribution in [3.8, 4) is 22.8 Å². The zero-order chi connectivity index (χ0) is 23.5. The Bertz CT molecular complexity index is 1160. The highest BCUT2D eigenvalue weighted by Crippen LogP contribution is 2.34. The predicted octanol–water partition coefficient (Wildman–Crippen LogP) is 4.36. The number of hydrogen-bond acceptors (Lipinski definition) is 5. The molecule has 2 aromatic heterocycles. The lowest BCUT2D eigenvalue weighted by Crippen LogP contribution is -2.32. The number of amides is 1. The van der Waals surface area contributed by atoms with Gasteiger partial charge in [0.05, 0.1) is 37.2 Å². The van der Waals surface area contributed by atoms with E-state index in [0.717, 1.165) is 40.4 Å². The molecule has 1 amide bonds. The Labute approximate surface area is 194 Å². The number of fused-ring (bicyclic) bond motifs is 1. The molecule has 8 heteroatoms. The maximum atomic E-state index is 13.1. The summed E-state index contributed by atoms with van der Waals surface area (Å²) in [5, 5.41) is 15.0. The molecule has 0 saturated heterocycles. The van der Waals surface area contributed by atoms with Gasteiger partial charge in [0.1, 0.15) is 5.69 Å². The van der Waals surface area contributed by atoms with Crippen LogP contribution in [0, 0.1) is 19.8 Å². The zero-order valence-corrected chi connectivity index (χ0v) is 19.6. The Kier molecular flexibility index (Phi) is 6.53. The Hall–Kier alpha value is -3.55. The molecule has 0 unspecified atom stereocenters. The van der Waals surface area contributed by atoms with E-state index < -0.39 is 0 Å². The molecule has 1 aromatic carbocycles. The predicted molar refractivity (Wildman–Crippen MR) is 127 cm³/mol. The zero-order valence-electron chi connectivity index (χ0n) is 19.6. The van der Waals surface area contributed by atoms with Crippen LogP contribution < -0.4 is 14.8 Å². The highest BCUT2D eigenvalue weighted by Gasteiger charge is 2.24. The first kappa shape index (κ1) is 22.6. The van der Waals surface area contributed by atoms with E-state index in [2.05, 4.69) is 41.0 Å². The molecule has 8 nitrogen and oxygen atoms in total. The average Bonchev–Trinajstić information content (AvgIpc) is 3.27. The van der Waals surface area contributed by atoms with Crippen molar-refractivity contribution in [2.75, 3.05) is 13.2 Å². The molecule has 4 rings (SSSR count). The normalized spacial score (nSPS) is 14.1. The molecule has 1 atom stereocenters. The van der Waals surface area contributed by atoms with Crippen LogP contribution >= 0.6 is 0 Å². The molecule has 2 N–H and O–H groups in total. The van der Waals surface area contributed by atoms with Gasteiger partial charge in [-0.05, 0) is 43.5 Å². The molecular weight excluding hydrogens is 418 g/mol. The van der Waals surface area contributed by atoms with Gasteiger partial charge in [0.2, 0.25) is 0 Å². The van der Waals surface area contributed by atoms with E-state index in [9.17, 15) is 4.79 Å². The van der Waals surface area contributed by atoms with Crippen molar-refractivity contribution in [3.63, 3.8) is 0 Å². The van der Waals surface area contributed by atoms with Crippen LogP contribution in [0.2, 0.25) is 0 Å². The quantitative estimate of drug-likeness (QED) is 0.523. The summed E-state index contributed by atoms with van der Waals surface area (Å²) in [5.41, 5.74) is 4.84. The topological polar surface area (TPSA) is 94.1 Å². The molecule has 1 aliphatic heterocycles. The monoisotopic (exact) mass is 449 g/mol. The third kappa shape index (κ3) is 4.65. The Balaban J connectivity index is 1.56. The van der Waals surface area contributed by atoms with Crippen molar-refractivity contribution in [1.82, 2.24) is 25.3 Å². The number of aromatic amines is 1. The van der Waals surface area contributed by atoms with Crippen LogP contribution in [0.25, 0.3) is 11.3 Å². The van der Waals surface area contributed by atoms with Crippen LogP contribution in [0.3, 0.4) is 0 Å². The highest BCUT2D eigenvalue weighted by atomic mass is 16.5. The fourth-order valence-electron chi connectivity index (χ4n) is 4.16. The number of aromatic nitrogens is 4. The first-order valence-electron chi connectivity index (χ1n) is 11.3. The first-order chi connectivity index (χ1) is 15.9. The second-order valence-electron chi connectivity index (χ2n) is 8.64. The lowest BCUT2D eigenvalue weighted by atomic mass is 9.95. The van der Waals surface area contributed by atoms with Gasteiger partial charge in [0.25, 0.3) is 5.91 Å². The Morgan fingerprint density at radius 1 is 1.24 bits per heavy atom. The largest absolute Gasteiger partial charge is 0.490 e. The van der Waals surface area contributed by atoms with Gasteiger partial charge < -0.3 is 14.8 Å². The van der Waals surface area contributed by atoms with Gasteiger partial charge in [-0.3, -0.25) is 14.6 Å².